The highest BCUT2D eigenvalue weighted by atomic mass is 35.5. The van der Waals surface area contributed by atoms with Crippen molar-refractivity contribution < 1.29 is 38.5 Å². The number of amides is 4. The number of carbonyl (C=O) groups excluding carboxylic acids is 4. The molecule has 4 aromatic rings. The third-order valence-electron chi connectivity index (χ3n) is 11.6. The maximum absolute atomic E-state index is 14.7. The van der Waals surface area contributed by atoms with Crippen LogP contribution in [0, 0.1) is 34.9 Å². The number of nitrogens with zero attached hydrogens (tertiary/aromatic N) is 2. The Kier molecular flexibility index (Phi) is 8.60. The average Bonchev–Trinajstić information content (AvgIpc) is 3.51. The highest BCUT2D eigenvalue weighted by molar-refractivity contribution is 6.31. The van der Waals surface area contributed by atoms with Crippen molar-refractivity contribution in [3.63, 3.8) is 0 Å². The molecule has 11 heteroatoms. The summed E-state index contributed by atoms with van der Waals surface area (Å²) in [6.45, 7) is 2.13. The van der Waals surface area contributed by atoms with Gasteiger partial charge in [-0.05, 0) is 79.6 Å². The number of halogens is 2. The number of aromatic hydroxyl groups is 2. The SMILES string of the molecule is C[C@@]12C(=O)N(c3ccc(F)c(Cl)c3)C(=O)[C@@H]1C[C@@H]1C(=CC[C@@H]3C(=O)N(CCc4ccc(O)cc4)C(=O)[C@@H]31)[C@@H]2c1ccc(OCc2ccccc2)cc1O. The van der Waals surface area contributed by atoms with Crippen LogP contribution in [0.5, 0.6) is 17.2 Å². The normalized spacial score (nSPS) is 26.3. The number of anilines is 1. The van der Waals surface area contributed by atoms with Gasteiger partial charge in [0.15, 0.2) is 0 Å². The lowest BCUT2D eigenvalue weighted by Crippen LogP contribution is -2.48. The zero-order chi connectivity index (χ0) is 37.2. The maximum atomic E-state index is 14.7. The van der Waals surface area contributed by atoms with Crippen LogP contribution >= 0.6 is 11.6 Å². The third-order valence-corrected chi connectivity index (χ3v) is 11.9. The van der Waals surface area contributed by atoms with E-state index < -0.39 is 52.6 Å². The molecule has 53 heavy (non-hydrogen) atoms. The summed E-state index contributed by atoms with van der Waals surface area (Å²) in [5, 5.41) is 21.1. The van der Waals surface area contributed by atoms with E-state index in [0.717, 1.165) is 27.7 Å². The standard InChI is InChI=1S/C42H36ClFN2O7/c1-42-32(39(50)46(41(42)52)25-9-16-34(44)33(43)19-25)21-31-28(37(42)29-13-12-27(20-35(29)48)53-22-24-5-3-2-4-6-24)14-15-30-36(31)40(51)45(38(30)49)18-17-23-7-10-26(47)11-8-23/h2-14,16,19-20,30-32,36-37,47-48H,15,17-18,21-22H2,1H3/t30-,31+,32-,36-,37+,42+/m0/s1. The van der Waals surface area contributed by atoms with Crippen LogP contribution in [0.4, 0.5) is 10.1 Å². The van der Waals surface area contributed by atoms with Gasteiger partial charge in [-0.2, -0.15) is 0 Å². The summed E-state index contributed by atoms with van der Waals surface area (Å²) in [7, 11) is 0. The second kappa shape index (κ2) is 13.2. The summed E-state index contributed by atoms with van der Waals surface area (Å²) in [6, 6.07) is 24.7. The Morgan fingerprint density at radius 3 is 2.34 bits per heavy atom. The lowest BCUT2D eigenvalue weighted by atomic mass is 9.51. The molecule has 1 saturated carbocycles. The molecule has 2 aliphatic carbocycles. The lowest BCUT2D eigenvalue weighted by Gasteiger charge is -2.49. The van der Waals surface area contributed by atoms with Crippen LogP contribution in [0.3, 0.4) is 0 Å². The molecule has 4 aromatic carbocycles. The van der Waals surface area contributed by atoms with E-state index in [0.29, 0.717) is 17.7 Å². The maximum Gasteiger partial charge on any atom is 0.241 e. The van der Waals surface area contributed by atoms with Gasteiger partial charge in [0.05, 0.1) is 33.9 Å². The fraction of sp³-hybridized carbons (Fsp3) is 0.286. The Hall–Kier alpha value is -5.48. The molecule has 0 radical (unpaired) electrons. The minimum atomic E-state index is -1.42. The van der Waals surface area contributed by atoms with Gasteiger partial charge in [0.2, 0.25) is 23.6 Å². The molecule has 2 aliphatic heterocycles. The van der Waals surface area contributed by atoms with Crippen LogP contribution in [0.2, 0.25) is 5.02 Å². The first-order chi connectivity index (χ1) is 25.5. The van der Waals surface area contributed by atoms with E-state index in [-0.39, 0.29) is 60.0 Å². The van der Waals surface area contributed by atoms with E-state index in [1.807, 2.05) is 36.4 Å². The van der Waals surface area contributed by atoms with Crippen LogP contribution in [-0.2, 0) is 32.2 Å². The van der Waals surface area contributed by atoms with E-state index in [4.69, 9.17) is 16.3 Å². The smallest absolute Gasteiger partial charge is 0.241 e. The van der Waals surface area contributed by atoms with Gasteiger partial charge in [0.25, 0.3) is 0 Å². The first kappa shape index (κ1) is 34.6. The number of hydrogen-bond donors (Lipinski definition) is 2. The van der Waals surface area contributed by atoms with Crippen LogP contribution in [0.15, 0.2) is 103 Å². The van der Waals surface area contributed by atoms with Gasteiger partial charge in [0.1, 0.15) is 29.7 Å². The van der Waals surface area contributed by atoms with E-state index in [1.165, 1.54) is 23.1 Å². The first-order valence-corrected chi connectivity index (χ1v) is 18.0. The van der Waals surface area contributed by atoms with Crippen molar-refractivity contribution in [2.45, 2.75) is 38.7 Å². The quantitative estimate of drug-likeness (QED) is 0.148. The number of carbonyl (C=O) groups is 4. The van der Waals surface area contributed by atoms with E-state index >= 15 is 0 Å². The van der Waals surface area contributed by atoms with Crippen LogP contribution in [0.25, 0.3) is 0 Å². The second-order valence-electron chi connectivity index (χ2n) is 14.5. The monoisotopic (exact) mass is 734 g/mol. The molecule has 0 bridgehead atoms. The zero-order valence-electron chi connectivity index (χ0n) is 28.7. The Bertz CT molecular complexity index is 2190. The van der Waals surface area contributed by atoms with Gasteiger partial charge in [-0.3, -0.25) is 24.1 Å². The van der Waals surface area contributed by atoms with Gasteiger partial charge in [0, 0.05) is 24.1 Å². The summed E-state index contributed by atoms with van der Waals surface area (Å²) in [5.74, 6) is -5.74. The van der Waals surface area contributed by atoms with Crippen molar-refractivity contribution in [3.05, 3.63) is 130 Å². The fourth-order valence-electron chi connectivity index (χ4n) is 9.02. The molecular formula is C42H36ClFN2O7. The molecule has 3 fully saturated rings. The van der Waals surface area contributed by atoms with Crippen molar-refractivity contribution >= 4 is 40.9 Å². The molecule has 0 unspecified atom stereocenters. The molecule has 2 N–H and O–H groups in total. The minimum Gasteiger partial charge on any atom is -0.508 e. The fourth-order valence-corrected chi connectivity index (χ4v) is 9.19. The van der Waals surface area contributed by atoms with Crippen molar-refractivity contribution in [1.82, 2.24) is 4.90 Å². The van der Waals surface area contributed by atoms with Gasteiger partial charge in [-0.25, -0.2) is 9.29 Å². The largest absolute Gasteiger partial charge is 0.508 e. The second-order valence-corrected chi connectivity index (χ2v) is 14.9. The van der Waals surface area contributed by atoms with Gasteiger partial charge < -0.3 is 14.9 Å². The molecule has 0 spiro atoms. The molecule has 4 amide bonds. The van der Waals surface area contributed by atoms with Crippen LogP contribution < -0.4 is 9.64 Å². The highest BCUT2D eigenvalue weighted by Gasteiger charge is 2.67. The molecule has 8 rings (SSSR count). The van der Waals surface area contributed by atoms with Crippen molar-refractivity contribution in [2.75, 3.05) is 11.4 Å². The van der Waals surface area contributed by atoms with Crippen LogP contribution in [-0.4, -0.2) is 45.3 Å². The Balaban J connectivity index is 1.17. The third kappa shape index (κ3) is 5.67. The summed E-state index contributed by atoms with van der Waals surface area (Å²) in [4.78, 5) is 59.5. The summed E-state index contributed by atoms with van der Waals surface area (Å²) < 4.78 is 20.2. The minimum absolute atomic E-state index is 0.118. The van der Waals surface area contributed by atoms with Crippen molar-refractivity contribution in [2.24, 2.45) is 29.1 Å². The summed E-state index contributed by atoms with van der Waals surface area (Å²) >= 11 is 6.11. The number of allylic oxidation sites excluding steroid dienone is 2. The van der Waals surface area contributed by atoms with Gasteiger partial charge in [-0.1, -0.05) is 71.8 Å². The van der Waals surface area contributed by atoms with E-state index in [2.05, 4.69) is 0 Å². The zero-order valence-corrected chi connectivity index (χ0v) is 29.5. The molecule has 6 atom stereocenters. The number of imide groups is 2. The van der Waals surface area contributed by atoms with E-state index in [1.54, 1.807) is 43.3 Å². The highest BCUT2D eigenvalue weighted by Crippen LogP contribution is 2.64. The number of phenols is 2. The summed E-state index contributed by atoms with van der Waals surface area (Å²) in [6.07, 6.45) is 2.70. The number of benzene rings is 4. The Morgan fingerprint density at radius 1 is 0.868 bits per heavy atom. The molecule has 270 valence electrons. The molecule has 2 heterocycles. The summed E-state index contributed by atoms with van der Waals surface area (Å²) in [5.41, 5.74) is 1.61. The molecule has 0 aromatic heterocycles. The van der Waals surface area contributed by atoms with E-state index in [9.17, 15) is 33.8 Å². The number of likely N-dealkylation sites (tertiary alicyclic amines) is 1. The Labute approximate surface area is 310 Å². The predicted octanol–water partition coefficient (Wildman–Crippen LogP) is 6.94. The number of hydrogen-bond acceptors (Lipinski definition) is 7. The number of rotatable bonds is 8. The molecule has 4 aliphatic rings. The van der Waals surface area contributed by atoms with Crippen LogP contribution in [0.1, 0.15) is 42.4 Å². The first-order valence-electron chi connectivity index (χ1n) is 17.6. The van der Waals surface area contributed by atoms with Crippen molar-refractivity contribution in [1.29, 1.82) is 0 Å². The Morgan fingerprint density at radius 2 is 1.62 bits per heavy atom. The number of ether oxygens (including phenoxy) is 1. The predicted molar refractivity (Wildman–Crippen MR) is 193 cm³/mol. The molecule has 9 nitrogen and oxygen atoms in total. The molecule has 2 saturated heterocycles. The molecular weight excluding hydrogens is 699 g/mol. The van der Waals surface area contributed by atoms with Gasteiger partial charge in [-0.15, -0.1) is 0 Å². The van der Waals surface area contributed by atoms with Gasteiger partial charge >= 0.3 is 0 Å². The topological polar surface area (TPSA) is 124 Å². The number of fused-ring (bicyclic) bond motifs is 4. The number of phenolic OH excluding ortho intramolecular Hbond substituents is 2. The van der Waals surface area contributed by atoms with Crippen molar-refractivity contribution in [3.8, 4) is 17.2 Å². The average molecular weight is 735 g/mol. The lowest BCUT2D eigenvalue weighted by molar-refractivity contribution is -0.140.